The monoisotopic (exact) mass is 579 g/mol. The fraction of sp³-hybridized carbons (Fsp3) is 0.533. The van der Waals surface area contributed by atoms with Crippen molar-refractivity contribution in [1.29, 1.82) is 0 Å². The number of thiazole rings is 1. The molecule has 11 heteroatoms. The summed E-state index contributed by atoms with van der Waals surface area (Å²) in [6.45, 7) is 13.1. The molecule has 2 atom stereocenters. The lowest BCUT2D eigenvalue weighted by molar-refractivity contribution is -0.129. The third-order valence-corrected chi connectivity index (χ3v) is 8.63. The summed E-state index contributed by atoms with van der Waals surface area (Å²) in [4.78, 5) is 52.2. The van der Waals surface area contributed by atoms with Gasteiger partial charge in [0.25, 0.3) is 5.91 Å². The number of aryl methyl sites for hydroxylation is 2. The molecule has 0 saturated heterocycles. The lowest BCUT2D eigenvalue weighted by Crippen LogP contribution is -2.50. The van der Waals surface area contributed by atoms with Crippen LogP contribution in [0.3, 0.4) is 0 Å². The number of nitrogens with zero attached hydrogens (tertiary/aromatic N) is 5. The van der Waals surface area contributed by atoms with Gasteiger partial charge in [0.15, 0.2) is 0 Å². The number of aromatic nitrogens is 4. The van der Waals surface area contributed by atoms with Gasteiger partial charge >= 0.3 is 0 Å². The summed E-state index contributed by atoms with van der Waals surface area (Å²) in [7, 11) is 0. The Hall–Kier alpha value is -3.60. The first-order chi connectivity index (χ1) is 19.5. The summed E-state index contributed by atoms with van der Waals surface area (Å²) in [5.74, 6) is 0.899. The van der Waals surface area contributed by atoms with Crippen molar-refractivity contribution >= 4 is 29.1 Å². The predicted octanol–water partition coefficient (Wildman–Crippen LogP) is 3.95. The first-order valence-corrected chi connectivity index (χ1v) is 15.2. The van der Waals surface area contributed by atoms with Crippen molar-refractivity contribution < 1.29 is 14.4 Å². The molecule has 3 amide bonds. The Morgan fingerprint density at radius 1 is 1.02 bits per heavy atom. The zero-order valence-electron chi connectivity index (χ0n) is 24.8. The highest BCUT2D eigenvalue weighted by molar-refractivity contribution is 7.13. The molecule has 0 fully saturated rings. The summed E-state index contributed by atoms with van der Waals surface area (Å²) in [5.41, 5.74) is 1.68. The molecule has 0 bridgehead atoms. The van der Waals surface area contributed by atoms with Gasteiger partial charge in [-0.05, 0) is 31.7 Å². The van der Waals surface area contributed by atoms with Gasteiger partial charge in [0.2, 0.25) is 11.8 Å². The Labute approximate surface area is 246 Å². The second kappa shape index (κ2) is 13.4. The summed E-state index contributed by atoms with van der Waals surface area (Å²) in [6.07, 6.45) is 1.02. The molecule has 0 spiro atoms. The molecule has 220 valence electrons. The molecule has 3 heterocycles. The second-order valence-electron chi connectivity index (χ2n) is 11.3. The van der Waals surface area contributed by atoms with Crippen molar-refractivity contribution in [2.75, 3.05) is 13.1 Å². The molecule has 1 aliphatic heterocycles. The van der Waals surface area contributed by atoms with E-state index in [0.717, 1.165) is 16.3 Å². The molecule has 41 heavy (non-hydrogen) atoms. The number of hydrogen-bond donors (Lipinski definition) is 2. The molecule has 1 aliphatic rings. The number of amides is 3. The molecule has 2 aromatic heterocycles. The van der Waals surface area contributed by atoms with Crippen molar-refractivity contribution in [3.63, 3.8) is 0 Å². The van der Waals surface area contributed by atoms with E-state index < -0.39 is 12.1 Å². The third kappa shape index (κ3) is 7.58. The second-order valence-corrected chi connectivity index (χ2v) is 12.3. The van der Waals surface area contributed by atoms with Gasteiger partial charge in [-0.25, -0.2) is 14.6 Å². The van der Waals surface area contributed by atoms with Gasteiger partial charge in [0, 0.05) is 31.8 Å². The van der Waals surface area contributed by atoms with Gasteiger partial charge in [-0.2, -0.15) is 5.10 Å². The van der Waals surface area contributed by atoms with Crippen LogP contribution in [0, 0.1) is 19.8 Å². The Balaban J connectivity index is 1.66. The number of carbonyl (C=O) groups excluding carboxylic acids is 3. The van der Waals surface area contributed by atoms with Crippen LogP contribution in [0.1, 0.15) is 90.1 Å². The van der Waals surface area contributed by atoms with Crippen LogP contribution in [-0.2, 0) is 22.6 Å². The third-order valence-electron chi connectivity index (χ3n) is 7.19. The smallest absolute Gasteiger partial charge is 0.265 e. The molecular weight excluding hydrogens is 538 g/mol. The van der Waals surface area contributed by atoms with E-state index in [1.165, 1.54) is 11.3 Å². The molecular formula is C30H41N7O3S. The number of nitrogens with one attached hydrogen (secondary N) is 2. The normalized spacial score (nSPS) is 19.1. The molecule has 3 aromatic rings. The van der Waals surface area contributed by atoms with E-state index in [4.69, 9.17) is 0 Å². The Kier molecular flexibility index (Phi) is 9.90. The van der Waals surface area contributed by atoms with E-state index in [1.54, 1.807) is 9.58 Å². The maximum Gasteiger partial charge on any atom is 0.265 e. The van der Waals surface area contributed by atoms with Crippen molar-refractivity contribution in [1.82, 2.24) is 35.3 Å². The minimum Gasteiger partial charge on any atom is -0.344 e. The Bertz CT molecular complexity index is 1370. The molecule has 0 unspecified atom stereocenters. The summed E-state index contributed by atoms with van der Waals surface area (Å²) >= 11 is 1.44. The van der Waals surface area contributed by atoms with Crippen LogP contribution >= 0.6 is 11.3 Å². The number of carbonyl (C=O) groups is 3. The van der Waals surface area contributed by atoms with E-state index in [-0.39, 0.29) is 36.0 Å². The maximum absolute atomic E-state index is 13.8. The van der Waals surface area contributed by atoms with E-state index in [2.05, 4.69) is 39.5 Å². The fourth-order valence-electron chi connectivity index (χ4n) is 4.94. The van der Waals surface area contributed by atoms with Crippen molar-refractivity contribution in [3.8, 4) is 0 Å². The minimum absolute atomic E-state index is 0.00862. The molecule has 4 rings (SSSR count). The van der Waals surface area contributed by atoms with Crippen LogP contribution in [0.4, 0.5) is 0 Å². The van der Waals surface area contributed by atoms with E-state index in [0.29, 0.717) is 49.0 Å². The molecule has 1 aromatic carbocycles. The molecule has 10 nitrogen and oxygen atoms in total. The van der Waals surface area contributed by atoms with Gasteiger partial charge < -0.3 is 15.5 Å². The molecule has 2 N–H and O–H groups in total. The van der Waals surface area contributed by atoms with Crippen molar-refractivity contribution in [2.24, 2.45) is 5.92 Å². The molecule has 0 aliphatic carbocycles. The lowest BCUT2D eigenvalue weighted by atomic mass is 10.0. The van der Waals surface area contributed by atoms with Gasteiger partial charge in [0.05, 0.1) is 23.3 Å². The highest BCUT2D eigenvalue weighted by Gasteiger charge is 2.30. The van der Waals surface area contributed by atoms with Gasteiger partial charge in [0.1, 0.15) is 22.6 Å². The first-order valence-electron chi connectivity index (χ1n) is 14.3. The number of fused-ring (bicyclic) bond motifs is 1. The zero-order chi connectivity index (χ0) is 29.7. The van der Waals surface area contributed by atoms with Crippen LogP contribution < -0.4 is 10.6 Å². The quantitative estimate of drug-likeness (QED) is 0.472. The maximum atomic E-state index is 13.8. The fourth-order valence-corrected chi connectivity index (χ4v) is 5.98. The molecule has 0 radical (unpaired) electrons. The van der Waals surface area contributed by atoms with Crippen LogP contribution in [0.25, 0.3) is 0 Å². The van der Waals surface area contributed by atoms with Gasteiger partial charge in [-0.1, -0.05) is 58.0 Å². The van der Waals surface area contributed by atoms with E-state index in [9.17, 15) is 14.4 Å². The van der Waals surface area contributed by atoms with Gasteiger partial charge in [-0.3, -0.25) is 14.4 Å². The van der Waals surface area contributed by atoms with Crippen molar-refractivity contribution in [2.45, 2.75) is 85.4 Å². The van der Waals surface area contributed by atoms with Crippen LogP contribution in [0.2, 0.25) is 0 Å². The Morgan fingerprint density at radius 2 is 1.76 bits per heavy atom. The largest absolute Gasteiger partial charge is 0.344 e. The Morgan fingerprint density at radius 3 is 2.41 bits per heavy atom. The van der Waals surface area contributed by atoms with E-state index in [1.807, 2.05) is 58.0 Å². The zero-order valence-corrected chi connectivity index (χ0v) is 25.6. The highest BCUT2D eigenvalue weighted by atomic mass is 32.1. The predicted molar refractivity (Wildman–Crippen MR) is 159 cm³/mol. The van der Waals surface area contributed by atoms with Crippen LogP contribution in [0.5, 0.6) is 0 Å². The summed E-state index contributed by atoms with van der Waals surface area (Å²) in [6, 6.07) is 8.47. The number of rotatable bonds is 5. The average Bonchev–Trinajstić information content (AvgIpc) is 3.50. The SMILES string of the molecule is Cc1nc2n(n1)CCN(C(=O)c1sc(C(C)C)nc1C)CCCC(=O)N[C@@H](Cc1ccccc1)C(=O)N[C@@H]2C(C)C. The van der Waals surface area contributed by atoms with Crippen molar-refractivity contribution in [3.05, 3.63) is 63.1 Å². The standard InChI is InChI=1S/C30H41N7O3S/c1-18(2)25-27-32-21(6)35-37(27)16-15-36(30(40)26-20(5)31-29(41-26)19(3)4)14-10-13-24(38)33-23(28(39)34-25)17-22-11-8-7-9-12-22/h7-9,11-12,18-19,23,25H,10,13-17H2,1-6H3,(H,33,38)(H,34,39)/t23-,25+/m0/s1. The highest BCUT2D eigenvalue weighted by Crippen LogP contribution is 2.26. The lowest BCUT2D eigenvalue weighted by Gasteiger charge is -2.28. The van der Waals surface area contributed by atoms with Crippen LogP contribution in [0.15, 0.2) is 30.3 Å². The number of hydrogen-bond acceptors (Lipinski definition) is 7. The topological polar surface area (TPSA) is 122 Å². The average molecular weight is 580 g/mol. The summed E-state index contributed by atoms with van der Waals surface area (Å²) < 4.78 is 1.80. The van der Waals surface area contributed by atoms with Gasteiger partial charge in [-0.15, -0.1) is 11.3 Å². The van der Waals surface area contributed by atoms with Crippen LogP contribution in [-0.4, -0.2) is 61.5 Å². The minimum atomic E-state index is -0.751. The number of benzene rings is 1. The first kappa shape index (κ1) is 30.4. The van der Waals surface area contributed by atoms with E-state index >= 15 is 0 Å². The summed E-state index contributed by atoms with van der Waals surface area (Å²) in [5, 5.41) is 11.7. The molecule has 0 saturated carbocycles.